The molecule has 0 aliphatic carbocycles. The van der Waals surface area contributed by atoms with Gasteiger partial charge in [-0.1, -0.05) is 66.7 Å². The average molecular weight is 574 g/mol. The summed E-state index contributed by atoms with van der Waals surface area (Å²) in [5.41, 5.74) is 7.43. The molecule has 8 aromatic rings. The fourth-order valence-corrected chi connectivity index (χ4v) is 6.67. The molecule has 0 spiro atoms. The van der Waals surface area contributed by atoms with Crippen molar-refractivity contribution in [3.8, 4) is 28.6 Å². The zero-order valence-corrected chi connectivity index (χ0v) is 24.1. The van der Waals surface area contributed by atoms with Crippen LogP contribution in [0.2, 0.25) is 0 Å². The molecule has 44 heavy (non-hydrogen) atoms. The van der Waals surface area contributed by atoms with Gasteiger partial charge in [0.05, 0.1) is 44.6 Å². The lowest BCUT2D eigenvalue weighted by Gasteiger charge is -2.19. The van der Waals surface area contributed by atoms with E-state index in [1.165, 1.54) is 18.2 Å². The van der Waals surface area contributed by atoms with Gasteiger partial charge in [0.2, 0.25) is 0 Å². The number of rotatable bonds is 3. The predicted molar refractivity (Wildman–Crippen MR) is 175 cm³/mol. The number of nitriles is 1. The van der Waals surface area contributed by atoms with Crippen molar-refractivity contribution in [2.24, 2.45) is 0 Å². The molecule has 0 amide bonds. The van der Waals surface area contributed by atoms with Gasteiger partial charge in [0.25, 0.3) is 0 Å². The Bertz CT molecular complexity index is 2490. The van der Waals surface area contributed by atoms with Crippen LogP contribution in [0.5, 0.6) is 0 Å². The normalized spacial score (nSPS) is 11.6. The monoisotopic (exact) mass is 573 g/mol. The molecule has 0 unspecified atom stereocenters. The zero-order chi connectivity index (χ0) is 30.1. The lowest BCUT2D eigenvalue weighted by Crippen LogP contribution is -2.05. The van der Waals surface area contributed by atoms with Crippen molar-refractivity contribution in [1.82, 2.24) is 9.13 Å². The highest BCUT2D eigenvalue weighted by atomic mass is 19.1. The summed E-state index contributed by atoms with van der Waals surface area (Å²) in [6.45, 7) is 4.05. The zero-order valence-electron chi connectivity index (χ0n) is 24.1. The van der Waals surface area contributed by atoms with Gasteiger partial charge < -0.3 is 9.13 Å². The Morgan fingerprint density at radius 3 is 1.57 bits per heavy atom. The van der Waals surface area contributed by atoms with Gasteiger partial charge in [-0.15, -0.1) is 0 Å². The average Bonchev–Trinajstić information content (AvgIpc) is 3.52. The molecule has 0 aliphatic heterocycles. The second kappa shape index (κ2) is 9.65. The van der Waals surface area contributed by atoms with Crippen molar-refractivity contribution < 1.29 is 8.78 Å². The smallest absolute Gasteiger partial charge is 0.134 e. The van der Waals surface area contributed by atoms with Crippen LogP contribution in [0.3, 0.4) is 0 Å². The quantitative estimate of drug-likeness (QED) is 0.207. The van der Waals surface area contributed by atoms with Crippen molar-refractivity contribution in [1.29, 1.82) is 5.26 Å². The Hall–Kier alpha value is -5.73. The highest BCUT2D eigenvalue weighted by molar-refractivity contribution is 6.11. The van der Waals surface area contributed by atoms with Gasteiger partial charge in [0, 0.05) is 27.1 Å². The van der Waals surface area contributed by atoms with E-state index in [2.05, 4.69) is 48.5 Å². The summed E-state index contributed by atoms with van der Waals surface area (Å²) in [5.74, 6) is -1.34. The number of nitrogens with zero attached hydrogens (tertiary/aromatic N) is 3. The molecule has 5 heteroatoms. The molecule has 210 valence electrons. The van der Waals surface area contributed by atoms with Crippen LogP contribution in [0.4, 0.5) is 8.78 Å². The first-order valence-electron chi connectivity index (χ1n) is 14.5. The molecule has 0 N–H and O–H groups in total. The van der Waals surface area contributed by atoms with Gasteiger partial charge in [0.1, 0.15) is 17.7 Å². The number of hydrogen-bond acceptors (Lipinski definition) is 1. The molecule has 0 bridgehead atoms. The molecule has 6 aromatic carbocycles. The number of hydrogen-bond donors (Lipinski definition) is 0. The summed E-state index contributed by atoms with van der Waals surface area (Å²) in [5, 5.41) is 14.8. The fraction of sp³-hybridized carbons (Fsp3) is 0.0513. The SMILES string of the molecule is Cc1ccc2c3ccccc3n(-c3cc(-c4c(F)cccc4F)c(-n4c5ccccc5c5ccc(C)cc54)cc3C#N)c2c1. The number of benzene rings is 6. The van der Waals surface area contributed by atoms with E-state index in [0.717, 1.165) is 54.7 Å². The third kappa shape index (κ3) is 3.71. The maximum absolute atomic E-state index is 15.7. The number of aryl methyl sites for hydroxylation is 2. The van der Waals surface area contributed by atoms with Crippen molar-refractivity contribution in [2.45, 2.75) is 13.8 Å². The fourth-order valence-electron chi connectivity index (χ4n) is 6.67. The van der Waals surface area contributed by atoms with Crippen LogP contribution in [-0.4, -0.2) is 9.13 Å². The molecule has 0 saturated carbocycles. The number of halogens is 2. The molecule has 0 saturated heterocycles. The molecule has 2 aromatic heterocycles. The van der Waals surface area contributed by atoms with E-state index >= 15 is 8.78 Å². The van der Waals surface area contributed by atoms with Gasteiger partial charge in [-0.3, -0.25) is 0 Å². The summed E-state index contributed by atoms with van der Waals surface area (Å²) in [6.07, 6.45) is 0. The summed E-state index contributed by atoms with van der Waals surface area (Å²) >= 11 is 0. The van der Waals surface area contributed by atoms with E-state index in [1.807, 2.05) is 65.4 Å². The number of aromatic nitrogens is 2. The number of para-hydroxylation sites is 2. The second-order valence-electron chi connectivity index (χ2n) is 11.3. The van der Waals surface area contributed by atoms with E-state index in [-0.39, 0.29) is 5.56 Å². The molecule has 2 heterocycles. The van der Waals surface area contributed by atoms with Gasteiger partial charge in [-0.05, 0) is 73.5 Å². The largest absolute Gasteiger partial charge is 0.309 e. The lowest BCUT2D eigenvalue weighted by atomic mass is 9.98. The Kier molecular flexibility index (Phi) is 5.69. The Balaban J connectivity index is 1.57. The van der Waals surface area contributed by atoms with Crippen molar-refractivity contribution in [3.63, 3.8) is 0 Å². The van der Waals surface area contributed by atoms with Crippen LogP contribution in [0, 0.1) is 36.8 Å². The van der Waals surface area contributed by atoms with E-state index in [1.54, 1.807) is 12.1 Å². The van der Waals surface area contributed by atoms with E-state index in [4.69, 9.17) is 0 Å². The molecule has 0 radical (unpaired) electrons. The predicted octanol–water partition coefficient (Wildman–Crippen LogP) is 10.3. The van der Waals surface area contributed by atoms with Crippen molar-refractivity contribution in [2.75, 3.05) is 0 Å². The van der Waals surface area contributed by atoms with Crippen LogP contribution in [0.15, 0.2) is 115 Å². The minimum absolute atomic E-state index is 0.135. The van der Waals surface area contributed by atoms with Crippen LogP contribution in [0.25, 0.3) is 66.1 Å². The van der Waals surface area contributed by atoms with E-state index in [9.17, 15) is 5.26 Å². The maximum Gasteiger partial charge on any atom is 0.134 e. The van der Waals surface area contributed by atoms with Crippen molar-refractivity contribution in [3.05, 3.63) is 144 Å². The third-order valence-electron chi connectivity index (χ3n) is 8.61. The maximum atomic E-state index is 15.7. The first-order valence-corrected chi connectivity index (χ1v) is 14.5. The highest BCUT2D eigenvalue weighted by Crippen LogP contribution is 2.42. The lowest BCUT2D eigenvalue weighted by molar-refractivity contribution is 0.589. The molecule has 0 atom stereocenters. The topological polar surface area (TPSA) is 33.6 Å². The highest BCUT2D eigenvalue weighted by Gasteiger charge is 2.24. The number of fused-ring (bicyclic) bond motifs is 6. The van der Waals surface area contributed by atoms with E-state index in [0.29, 0.717) is 22.5 Å². The summed E-state index contributed by atoms with van der Waals surface area (Å²) in [4.78, 5) is 0. The summed E-state index contributed by atoms with van der Waals surface area (Å²) < 4.78 is 35.6. The van der Waals surface area contributed by atoms with Gasteiger partial charge in [-0.2, -0.15) is 5.26 Å². The minimum Gasteiger partial charge on any atom is -0.309 e. The Labute approximate surface area is 252 Å². The minimum atomic E-state index is -0.670. The molecule has 0 aliphatic rings. The first-order chi connectivity index (χ1) is 21.4. The second-order valence-corrected chi connectivity index (χ2v) is 11.3. The Morgan fingerprint density at radius 2 is 1.02 bits per heavy atom. The molecular weight excluding hydrogens is 548 g/mol. The summed E-state index contributed by atoms with van der Waals surface area (Å²) in [7, 11) is 0. The van der Waals surface area contributed by atoms with Crippen LogP contribution in [-0.2, 0) is 0 Å². The third-order valence-corrected chi connectivity index (χ3v) is 8.61. The Morgan fingerprint density at radius 1 is 0.523 bits per heavy atom. The van der Waals surface area contributed by atoms with E-state index < -0.39 is 11.6 Å². The van der Waals surface area contributed by atoms with Crippen molar-refractivity contribution >= 4 is 43.6 Å². The summed E-state index contributed by atoms with van der Waals surface area (Å²) in [6, 6.07) is 38.4. The van der Waals surface area contributed by atoms with Gasteiger partial charge >= 0.3 is 0 Å². The molecule has 3 nitrogen and oxygen atoms in total. The molecular formula is C39H25F2N3. The molecule has 8 rings (SSSR count). The van der Waals surface area contributed by atoms with Gasteiger partial charge in [0.15, 0.2) is 0 Å². The standard InChI is InChI=1S/C39H25F2N3/c1-23-14-16-28-26-8-3-5-12-33(26)43(36(28)18-23)35-21-30(39-31(40)10-7-11-32(39)41)38(20-25(35)22-42)44-34-13-6-4-9-27(34)29-17-15-24(2)19-37(29)44/h3-21H,1-2H3. The van der Waals surface area contributed by atoms with Crippen LogP contribution < -0.4 is 0 Å². The van der Waals surface area contributed by atoms with Crippen LogP contribution in [0.1, 0.15) is 16.7 Å². The first kappa shape index (κ1) is 25.9. The van der Waals surface area contributed by atoms with Gasteiger partial charge in [-0.25, -0.2) is 8.78 Å². The van der Waals surface area contributed by atoms with Crippen LogP contribution >= 0.6 is 0 Å². The molecule has 0 fully saturated rings.